The van der Waals surface area contributed by atoms with E-state index in [1.807, 2.05) is 13.0 Å². The van der Waals surface area contributed by atoms with Gasteiger partial charge >= 0.3 is 0 Å². The molecular weight excluding hydrogens is 428 g/mol. The van der Waals surface area contributed by atoms with Crippen LogP contribution in [0.2, 0.25) is 0 Å². The van der Waals surface area contributed by atoms with Crippen molar-refractivity contribution >= 4 is 27.3 Å². The minimum absolute atomic E-state index is 0.0514. The van der Waals surface area contributed by atoms with Crippen molar-refractivity contribution in [3.8, 4) is 11.1 Å². The van der Waals surface area contributed by atoms with Crippen molar-refractivity contribution in [1.82, 2.24) is 0 Å². The van der Waals surface area contributed by atoms with E-state index < -0.39 is 10.0 Å². The largest absolute Gasteiger partial charge is 0.411 e. The van der Waals surface area contributed by atoms with Gasteiger partial charge in [0.1, 0.15) is 5.71 Å². The number of nitrogens with one attached hydrogen (secondary N) is 1. The molecule has 1 saturated carbocycles. The third-order valence-electron chi connectivity index (χ3n) is 5.97. The number of sulfonamides is 1. The Labute approximate surface area is 186 Å². The van der Waals surface area contributed by atoms with Crippen molar-refractivity contribution in [2.45, 2.75) is 24.7 Å². The lowest BCUT2D eigenvalue weighted by Gasteiger charge is -2.17. The van der Waals surface area contributed by atoms with Crippen LogP contribution in [-0.2, 0) is 14.8 Å². The van der Waals surface area contributed by atoms with Crippen molar-refractivity contribution in [2.24, 2.45) is 27.9 Å². The minimum atomic E-state index is -3.85. The Bertz CT molecular complexity index is 1280. The van der Waals surface area contributed by atoms with Gasteiger partial charge in [0.2, 0.25) is 15.9 Å². The quantitative estimate of drug-likeness (QED) is 0.407. The van der Waals surface area contributed by atoms with Gasteiger partial charge in [-0.15, -0.1) is 0 Å². The maximum absolute atomic E-state index is 12.7. The van der Waals surface area contributed by atoms with Crippen LogP contribution in [0, 0.1) is 11.8 Å². The van der Waals surface area contributed by atoms with Crippen LogP contribution in [-0.4, -0.2) is 25.2 Å². The van der Waals surface area contributed by atoms with Crippen molar-refractivity contribution in [3.05, 3.63) is 71.5 Å². The zero-order chi connectivity index (χ0) is 23.0. The molecule has 0 radical (unpaired) electrons. The first-order valence-corrected chi connectivity index (χ1v) is 11.7. The molecule has 0 saturated heterocycles. The molecule has 166 valence electrons. The molecule has 8 nitrogen and oxygen atoms in total. The molecule has 6 N–H and O–H groups in total. The monoisotopic (exact) mass is 452 g/mol. The number of oxime groups is 1. The summed E-state index contributed by atoms with van der Waals surface area (Å²) in [5, 5.41) is 20.5. The molecule has 1 amide bonds. The number of nitrogens with zero attached hydrogens (tertiary/aromatic N) is 1. The van der Waals surface area contributed by atoms with Crippen LogP contribution >= 0.6 is 0 Å². The van der Waals surface area contributed by atoms with Crippen LogP contribution < -0.4 is 16.2 Å². The first-order valence-electron chi connectivity index (χ1n) is 10.1. The molecule has 0 bridgehead atoms. The fourth-order valence-corrected chi connectivity index (χ4v) is 4.88. The molecule has 4 rings (SSSR count). The molecule has 1 fully saturated rings. The number of anilines is 1. The average molecular weight is 453 g/mol. The second kappa shape index (κ2) is 8.25. The summed E-state index contributed by atoms with van der Waals surface area (Å²) in [5.74, 6) is -0.143. The van der Waals surface area contributed by atoms with E-state index in [4.69, 9.17) is 16.1 Å². The van der Waals surface area contributed by atoms with Gasteiger partial charge in [-0.3, -0.25) is 4.79 Å². The van der Waals surface area contributed by atoms with Crippen molar-refractivity contribution in [1.29, 1.82) is 0 Å². The van der Waals surface area contributed by atoms with Crippen LogP contribution in [0.25, 0.3) is 11.1 Å². The van der Waals surface area contributed by atoms with Crippen molar-refractivity contribution < 1.29 is 18.4 Å². The van der Waals surface area contributed by atoms with Gasteiger partial charge in [-0.1, -0.05) is 41.6 Å². The highest BCUT2D eigenvalue weighted by Gasteiger charge is 2.46. The van der Waals surface area contributed by atoms with Gasteiger partial charge in [0.15, 0.2) is 0 Å². The lowest BCUT2D eigenvalue weighted by Crippen LogP contribution is -2.20. The molecule has 2 aliphatic rings. The lowest BCUT2D eigenvalue weighted by atomic mass is 9.91. The Morgan fingerprint density at radius 3 is 2.50 bits per heavy atom. The number of carbonyl (C=O) groups excluding carboxylic acids is 1. The van der Waals surface area contributed by atoms with Crippen molar-refractivity contribution in [3.63, 3.8) is 0 Å². The molecule has 2 aliphatic carbocycles. The second-order valence-electron chi connectivity index (χ2n) is 8.01. The van der Waals surface area contributed by atoms with E-state index in [1.165, 1.54) is 6.07 Å². The molecular formula is C23H24N4O4S. The highest BCUT2D eigenvalue weighted by atomic mass is 32.2. The van der Waals surface area contributed by atoms with E-state index in [-0.39, 0.29) is 22.6 Å². The molecule has 2 aromatic rings. The number of carbonyl (C=O) groups is 1. The number of nitrogens with two attached hydrogens (primary N) is 2. The number of hydrogen-bond donors (Lipinski definition) is 4. The van der Waals surface area contributed by atoms with Crippen LogP contribution in [0.3, 0.4) is 0 Å². The summed E-state index contributed by atoms with van der Waals surface area (Å²) in [5.41, 5.74) is 10.6. The van der Waals surface area contributed by atoms with Crippen LogP contribution in [0.5, 0.6) is 0 Å². The van der Waals surface area contributed by atoms with Gasteiger partial charge in [0.25, 0.3) is 0 Å². The Kier molecular flexibility index (Phi) is 5.62. The number of amides is 1. The fraction of sp³-hybridized carbons (Fsp3) is 0.217. The summed E-state index contributed by atoms with van der Waals surface area (Å²) < 4.78 is 23.7. The summed E-state index contributed by atoms with van der Waals surface area (Å²) in [7, 11) is -3.85. The van der Waals surface area contributed by atoms with Gasteiger partial charge in [-0.05, 0) is 54.2 Å². The highest BCUT2D eigenvalue weighted by Crippen LogP contribution is 2.48. The molecule has 0 heterocycles. The number of hydrogen-bond acceptors (Lipinski definition) is 6. The van der Waals surface area contributed by atoms with E-state index in [1.54, 1.807) is 42.5 Å². The Morgan fingerprint density at radius 2 is 1.84 bits per heavy atom. The fourth-order valence-electron chi connectivity index (χ4n) is 4.12. The third-order valence-corrected chi connectivity index (χ3v) is 6.94. The van der Waals surface area contributed by atoms with Crippen molar-refractivity contribution in [2.75, 3.05) is 5.32 Å². The summed E-state index contributed by atoms with van der Waals surface area (Å²) in [6.07, 6.45) is 3.14. The van der Waals surface area contributed by atoms with Gasteiger partial charge < -0.3 is 16.3 Å². The van der Waals surface area contributed by atoms with Gasteiger partial charge in [-0.25, -0.2) is 13.6 Å². The summed E-state index contributed by atoms with van der Waals surface area (Å²) in [4.78, 5) is 12.8. The maximum atomic E-state index is 12.7. The number of primary sulfonamides is 1. The zero-order valence-electron chi connectivity index (χ0n) is 17.4. The normalized spacial score (nSPS) is 21.9. The Morgan fingerprint density at radius 1 is 1.16 bits per heavy atom. The summed E-state index contributed by atoms with van der Waals surface area (Å²) in [6, 6.07) is 13.5. The van der Waals surface area contributed by atoms with E-state index in [2.05, 4.69) is 10.5 Å². The van der Waals surface area contributed by atoms with Gasteiger partial charge in [0.05, 0.1) is 10.6 Å². The number of rotatable bonds is 5. The molecule has 2 atom stereocenters. The second-order valence-corrected chi connectivity index (χ2v) is 9.54. The standard InChI is InChI=1S/C23H24N4O4S/c1-13-16(10-11-20(27-29)22(13)24)18-12-19(18)23(28)26-15-8-6-14(7-9-15)17-4-2-3-5-21(17)32(25,30)31/h2-10,18-19,29H,11-12,24H2,1H3,(H,26,28)(H2,25,30,31)/t18-,19-/m1/s1. The van der Waals surface area contributed by atoms with Crippen LogP contribution in [0.1, 0.15) is 19.8 Å². The van der Waals surface area contributed by atoms with Gasteiger partial charge in [0, 0.05) is 23.6 Å². The zero-order valence-corrected chi connectivity index (χ0v) is 18.3. The lowest BCUT2D eigenvalue weighted by molar-refractivity contribution is -0.117. The molecule has 0 aliphatic heterocycles. The minimum Gasteiger partial charge on any atom is -0.411 e. The third kappa shape index (κ3) is 4.17. The molecule has 0 unspecified atom stereocenters. The molecule has 0 aromatic heterocycles. The van der Waals surface area contributed by atoms with Crippen LogP contribution in [0.4, 0.5) is 5.69 Å². The maximum Gasteiger partial charge on any atom is 0.238 e. The van der Waals surface area contributed by atoms with Gasteiger partial charge in [-0.2, -0.15) is 0 Å². The SMILES string of the molecule is CC1=C(N)C(=NO)CC=C1[C@H]1C[C@H]1C(=O)Nc1ccc(-c2ccccc2S(N)(=O)=O)cc1. The van der Waals surface area contributed by atoms with Crippen LogP contribution in [0.15, 0.2) is 81.5 Å². The predicted molar refractivity (Wildman–Crippen MR) is 122 cm³/mol. The van der Waals surface area contributed by atoms with E-state index in [0.717, 1.165) is 17.6 Å². The van der Waals surface area contributed by atoms with E-state index >= 15 is 0 Å². The topological polar surface area (TPSA) is 148 Å². The molecule has 32 heavy (non-hydrogen) atoms. The Balaban J connectivity index is 1.45. The summed E-state index contributed by atoms with van der Waals surface area (Å²) >= 11 is 0. The molecule has 9 heteroatoms. The first-order chi connectivity index (χ1) is 15.2. The smallest absolute Gasteiger partial charge is 0.238 e. The Hall–Kier alpha value is -3.43. The molecule has 0 spiro atoms. The predicted octanol–water partition coefficient (Wildman–Crippen LogP) is 2.97. The average Bonchev–Trinajstić information content (AvgIpc) is 3.56. The number of benzene rings is 2. The molecule has 2 aromatic carbocycles. The van der Waals surface area contributed by atoms with E-state index in [0.29, 0.717) is 34.6 Å². The summed E-state index contributed by atoms with van der Waals surface area (Å²) in [6.45, 7) is 1.87. The first kappa shape index (κ1) is 21.8. The van der Waals surface area contributed by atoms with E-state index in [9.17, 15) is 13.2 Å². The number of allylic oxidation sites excluding steroid dienone is 4. The highest BCUT2D eigenvalue weighted by molar-refractivity contribution is 7.89.